The molecular formula is C20H31N5O. The molecule has 2 rings (SSSR count). The van der Waals surface area contributed by atoms with Crippen molar-refractivity contribution in [1.29, 1.82) is 0 Å². The van der Waals surface area contributed by atoms with Crippen molar-refractivity contribution in [3.8, 4) is 5.69 Å². The maximum atomic E-state index is 9.22. The Labute approximate surface area is 156 Å². The van der Waals surface area contributed by atoms with Crippen molar-refractivity contribution in [2.75, 3.05) is 19.7 Å². The molecule has 1 unspecified atom stereocenters. The molecule has 142 valence electrons. The number of aliphatic imine (C=N–C) groups is 1. The fourth-order valence-corrected chi connectivity index (χ4v) is 2.98. The van der Waals surface area contributed by atoms with Gasteiger partial charge in [0.2, 0.25) is 0 Å². The van der Waals surface area contributed by atoms with Crippen molar-refractivity contribution in [3.63, 3.8) is 0 Å². The number of aliphatic hydroxyl groups is 1. The average Bonchev–Trinajstić information content (AvgIpc) is 3.19. The lowest BCUT2D eigenvalue weighted by molar-refractivity contribution is 0.251. The van der Waals surface area contributed by atoms with Gasteiger partial charge in [-0.25, -0.2) is 9.98 Å². The topological polar surface area (TPSA) is 74.5 Å². The zero-order valence-corrected chi connectivity index (χ0v) is 15.9. The molecule has 0 saturated carbocycles. The van der Waals surface area contributed by atoms with Crippen molar-refractivity contribution >= 4 is 5.96 Å². The summed E-state index contributed by atoms with van der Waals surface area (Å²) in [7, 11) is 0. The van der Waals surface area contributed by atoms with E-state index in [1.165, 1.54) is 0 Å². The zero-order chi connectivity index (χ0) is 18.6. The van der Waals surface area contributed by atoms with E-state index in [0.717, 1.165) is 49.6 Å². The van der Waals surface area contributed by atoms with Gasteiger partial charge in [0.1, 0.15) is 0 Å². The van der Waals surface area contributed by atoms with Crippen molar-refractivity contribution < 1.29 is 5.11 Å². The smallest absolute Gasteiger partial charge is 0.191 e. The first-order valence-electron chi connectivity index (χ1n) is 9.47. The van der Waals surface area contributed by atoms with Gasteiger partial charge in [-0.1, -0.05) is 31.5 Å². The maximum absolute atomic E-state index is 9.22. The zero-order valence-electron chi connectivity index (χ0n) is 15.9. The summed E-state index contributed by atoms with van der Waals surface area (Å²) in [6.07, 6.45) is 8.58. The molecule has 0 fully saturated rings. The maximum Gasteiger partial charge on any atom is 0.191 e. The van der Waals surface area contributed by atoms with Crippen molar-refractivity contribution in [1.82, 2.24) is 20.2 Å². The third-order valence-corrected chi connectivity index (χ3v) is 4.32. The van der Waals surface area contributed by atoms with Crippen molar-refractivity contribution in [3.05, 3.63) is 48.5 Å². The Bertz CT molecular complexity index is 648. The van der Waals surface area contributed by atoms with Gasteiger partial charge >= 0.3 is 0 Å². The number of aliphatic hydroxyl groups excluding tert-OH is 1. The lowest BCUT2D eigenvalue weighted by Crippen LogP contribution is -2.40. The first-order chi connectivity index (χ1) is 12.8. The highest BCUT2D eigenvalue weighted by Crippen LogP contribution is 2.15. The van der Waals surface area contributed by atoms with Crippen LogP contribution in [0.5, 0.6) is 0 Å². The Balaban J connectivity index is 2.05. The summed E-state index contributed by atoms with van der Waals surface area (Å²) in [6, 6.07) is 8.22. The highest BCUT2D eigenvalue weighted by Gasteiger charge is 2.09. The van der Waals surface area contributed by atoms with Crippen LogP contribution < -0.4 is 10.6 Å². The van der Waals surface area contributed by atoms with Crippen LogP contribution in [-0.2, 0) is 6.54 Å². The monoisotopic (exact) mass is 357 g/mol. The summed E-state index contributed by atoms with van der Waals surface area (Å²) >= 11 is 0. The molecule has 0 aliphatic rings. The van der Waals surface area contributed by atoms with Crippen LogP contribution in [0.1, 0.15) is 38.7 Å². The van der Waals surface area contributed by atoms with E-state index in [1.54, 1.807) is 12.5 Å². The molecule has 0 bridgehead atoms. The Morgan fingerprint density at radius 1 is 1.23 bits per heavy atom. The van der Waals surface area contributed by atoms with Crippen LogP contribution in [0, 0.1) is 5.92 Å². The van der Waals surface area contributed by atoms with Crippen LogP contribution in [0.3, 0.4) is 0 Å². The Morgan fingerprint density at radius 2 is 2.08 bits per heavy atom. The lowest BCUT2D eigenvalue weighted by Gasteiger charge is -2.18. The van der Waals surface area contributed by atoms with E-state index in [0.29, 0.717) is 12.5 Å². The third kappa shape index (κ3) is 6.19. The third-order valence-electron chi connectivity index (χ3n) is 4.32. The standard InChI is InChI=1S/C20H31N5O/c1-3-7-17(10-13-26)14-23-20(22-4-2)24-15-18-8-5-6-9-19(18)25-12-11-21-16-25/h5-6,8-9,11-12,16-17,26H,3-4,7,10,13-15H2,1-2H3,(H2,22,23,24). The molecule has 1 aromatic carbocycles. The van der Waals surface area contributed by atoms with Crippen LogP contribution >= 0.6 is 0 Å². The van der Waals surface area contributed by atoms with Crippen LogP contribution in [0.2, 0.25) is 0 Å². The lowest BCUT2D eigenvalue weighted by atomic mass is 10.0. The first-order valence-corrected chi connectivity index (χ1v) is 9.47. The van der Waals surface area contributed by atoms with Crippen molar-refractivity contribution in [2.24, 2.45) is 10.9 Å². The van der Waals surface area contributed by atoms with E-state index in [2.05, 4.69) is 41.6 Å². The minimum atomic E-state index is 0.234. The number of aromatic nitrogens is 2. The number of hydrogen-bond donors (Lipinski definition) is 3. The van der Waals surface area contributed by atoms with Gasteiger partial charge < -0.3 is 20.3 Å². The number of guanidine groups is 1. The predicted octanol–water partition coefficient (Wildman–Crippen LogP) is 2.73. The summed E-state index contributed by atoms with van der Waals surface area (Å²) in [4.78, 5) is 8.87. The minimum Gasteiger partial charge on any atom is -0.396 e. The molecule has 0 aliphatic carbocycles. The normalized spacial score (nSPS) is 12.8. The summed E-state index contributed by atoms with van der Waals surface area (Å²) in [5, 5.41) is 16.0. The number of benzene rings is 1. The van der Waals surface area contributed by atoms with Gasteiger partial charge in [0.05, 0.1) is 18.6 Å². The van der Waals surface area contributed by atoms with Gasteiger partial charge in [0.25, 0.3) is 0 Å². The van der Waals surface area contributed by atoms with Crippen LogP contribution in [0.15, 0.2) is 48.0 Å². The van der Waals surface area contributed by atoms with Gasteiger partial charge in [-0.2, -0.15) is 0 Å². The Hall–Kier alpha value is -2.34. The van der Waals surface area contributed by atoms with Crippen LogP contribution in [0.4, 0.5) is 0 Å². The molecule has 6 heteroatoms. The second-order valence-electron chi connectivity index (χ2n) is 6.34. The molecule has 0 saturated heterocycles. The van der Waals surface area contributed by atoms with Crippen LogP contribution in [0.25, 0.3) is 5.69 Å². The van der Waals surface area contributed by atoms with Gasteiger partial charge in [0.15, 0.2) is 5.96 Å². The highest BCUT2D eigenvalue weighted by atomic mass is 16.3. The molecule has 2 aromatic rings. The van der Waals surface area contributed by atoms with Gasteiger partial charge in [-0.15, -0.1) is 0 Å². The number of rotatable bonds is 10. The van der Waals surface area contributed by atoms with Gasteiger partial charge in [-0.05, 0) is 37.3 Å². The molecule has 1 aromatic heterocycles. The van der Waals surface area contributed by atoms with Gasteiger partial charge in [0, 0.05) is 32.1 Å². The first kappa shape index (κ1) is 20.0. The Morgan fingerprint density at radius 3 is 2.77 bits per heavy atom. The Kier molecular flexibility index (Phi) is 8.69. The highest BCUT2D eigenvalue weighted by molar-refractivity contribution is 5.79. The van der Waals surface area contributed by atoms with E-state index >= 15 is 0 Å². The molecule has 6 nitrogen and oxygen atoms in total. The number of imidazole rings is 1. The summed E-state index contributed by atoms with van der Waals surface area (Å²) in [5.41, 5.74) is 2.23. The fourth-order valence-electron chi connectivity index (χ4n) is 2.98. The van der Waals surface area contributed by atoms with E-state index in [9.17, 15) is 5.11 Å². The van der Waals surface area contributed by atoms with E-state index in [1.807, 2.05) is 22.9 Å². The fraction of sp³-hybridized carbons (Fsp3) is 0.500. The molecule has 1 heterocycles. The number of para-hydroxylation sites is 1. The second kappa shape index (κ2) is 11.3. The van der Waals surface area contributed by atoms with E-state index in [-0.39, 0.29) is 6.61 Å². The SMILES string of the molecule is CCCC(CCO)CNC(=NCc1ccccc1-n1ccnc1)NCC. The molecule has 3 N–H and O–H groups in total. The van der Waals surface area contributed by atoms with E-state index in [4.69, 9.17) is 4.99 Å². The second-order valence-corrected chi connectivity index (χ2v) is 6.34. The van der Waals surface area contributed by atoms with Crippen molar-refractivity contribution in [2.45, 2.75) is 39.7 Å². The molecule has 1 atom stereocenters. The molecule has 0 aliphatic heterocycles. The summed E-state index contributed by atoms with van der Waals surface area (Å²) < 4.78 is 2.00. The average molecular weight is 358 g/mol. The van der Waals surface area contributed by atoms with Gasteiger partial charge in [-0.3, -0.25) is 0 Å². The summed E-state index contributed by atoms with van der Waals surface area (Å²) in [5.74, 6) is 1.28. The molecule has 0 radical (unpaired) electrons. The summed E-state index contributed by atoms with van der Waals surface area (Å²) in [6.45, 7) is 6.70. The number of hydrogen-bond acceptors (Lipinski definition) is 3. The molecule has 0 amide bonds. The van der Waals surface area contributed by atoms with E-state index < -0.39 is 0 Å². The molecular weight excluding hydrogens is 326 g/mol. The predicted molar refractivity (Wildman–Crippen MR) is 106 cm³/mol. The molecule has 26 heavy (non-hydrogen) atoms. The number of nitrogens with zero attached hydrogens (tertiary/aromatic N) is 3. The van der Waals surface area contributed by atoms with Crippen LogP contribution in [-0.4, -0.2) is 40.3 Å². The molecule has 0 spiro atoms. The quantitative estimate of drug-likeness (QED) is 0.451. The number of nitrogens with one attached hydrogen (secondary N) is 2. The largest absolute Gasteiger partial charge is 0.396 e. The minimum absolute atomic E-state index is 0.234.